The van der Waals surface area contributed by atoms with Crippen LogP contribution in [0, 0.1) is 20.8 Å². The van der Waals surface area contributed by atoms with Crippen LogP contribution in [0.4, 0.5) is 18.9 Å². The van der Waals surface area contributed by atoms with Crippen LogP contribution in [0.3, 0.4) is 0 Å². The topological polar surface area (TPSA) is 84.1 Å². The van der Waals surface area contributed by atoms with E-state index in [0.717, 1.165) is 0 Å². The van der Waals surface area contributed by atoms with Gasteiger partial charge in [0.1, 0.15) is 5.75 Å². The van der Waals surface area contributed by atoms with Crippen molar-refractivity contribution in [2.24, 2.45) is 0 Å². The number of imidazole rings is 1. The van der Waals surface area contributed by atoms with Crippen molar-refractivity contribution in [3.05, 3.63) is 46.8 Å². The molecule has 2 N–H and O–H groups in total. The predicted molar refractivity (Wildman–Crippen MR) is 99.1 cm³/mol. The third-order valence-electron chi connectivity index (χ3n) is 4.47. The normalized spacial score (nSPS) is 12.4. The number of hydrogen-bond acceptors (Lipinski definition) is 4. The first-order chi connectivity index (χ1) is 12.9. The minimum Gasteiger partial charge on any atom is -0.496 e. The van der Waals surface area contributed by atoms with E-state index in [9.17, 15) is 21.6 Å². The molecule has 150 valence electrons. The maximum Gasteiger partial charge on any atom is 0.449 e. The average Bonchev–Trinajstić information content (AvgIpc) is 3.01. The van der Waals surface area contributed by atoms with Crippen molar-refractivity contribution >= 4 is 26.7 Å². The quantitative estimate of drug-likeness (QED) is 0.667. The number of rotatable bonds is 4. The lowest BCUT2D eigenvalue weighted by Gasteiger charge is -2.17. The van der Waals surface area contributed by atoms with Gasteiger partial charge in [0.15, 0.2) is 0 Å². The molecule has 0 saturated carbocycles. The molecule has 10 heteroatoms. The molecular formula is C18H18F3N3O3S. The van der Waals surface area contributed by atoms with Gasteiger partial charge in [-0.15, -0.1) is 0 Å². The molecule has 0 unspecified atom stereocenters. The molecule has 2 aromatic carbocycles. The fraction of sp³-hybridized carbons (Fsp3) is 0.278. The number of methoxy groups -OCH3 is 1. The number of alkyl halides is 3. The number of aryl methyl sites for hydroxylation is 1. The summed E-state index contributed by atoms with van der Waals surface area (Å²) in [5.41, 5.74) is 2.00. The second-order valence-electron chi connectivity index (χ2n) is 6.40. The van der Waals surface area contributed by atoms with Crippen molar-refractivity contribution in [1.29, 1.82) is 0 Å². The number of fused-ring (bicyclic) bond motifs is 1. The van der Waals surface area contributed by atoms with E-state index in [1.807, 2.05) is 0 Å². The number of H-pyrrole nitrogens is 1. The fourth-order valence-corrected chi connectivity index (χ4v) is 4.64. The van der Waals surface area contributed by atoms with Crippen LogP contribution in [-0.4, -0.2) is 25.5 Å². The molecule has 28 heavy (non-hydrogen) atoms. The Labute approximate surface area is 159 Å². The van der Waals surface area contributed by atoms with E-state index in [0.29, 0.717) is 22.4 Å². The predicted octanol–water partition coefficient (Wildman–Crippen LogP) is 4.32. The van der Waals surface area contributed by atoms with Gasteiger partial charge in [-0.25, -0.2) is 13.4 Å². The molecule has 0 aliphatic heterocycles. The maximum atomic E-state index is 12.9. The molecule has 0 aliphatic carbocycles. The number of aromatic nitrogens is 2. The molecule has 0 bridgehead atoms. The lowest BCUT2D eigenvalue weighted by molar-refractivity contribution is -0.144. The van der Waals surface area contributed by atoms with Gasteiger partial charge < -0.3 is 9.72 Å². The van der Waals surface area contributed by atoms with Crippen LogP contribution in [-0.2, 0) is 16.2 Å². The zero-order valence-corrected chi connectivity index (χ0v) is 16.3. The van der Waals surface area contributed by atoms with Crippen molar-refractivity contribution < 1.29 is 26.3 Å². The minimum atomic E-state index is -4.62. The van der Waals surface area contributed by atoms with Crippen LogP contribution in [0.2, 0.25) is 0 Å². The van der Waals surface area contributed by atoms with Gasteiger partial charge in [0.25, 0.3) is 10.0 Å². The maximum absolute atomic E-state index is 12.9. The zero-order chi connectivity index (χ0) is 20.9. The van der Waals surface area contributed by atoms with Crippen molar-refractivity contribution in [1.82, 2.24) is 9.97 Å². The first-order valence-electron chi connectivity index (χ1n) is 8.18. The Balaban J connectivity index is 2.02. The van der Waals surface area contributed by atoms with Crippen molar-refractivity contribution in [3.8, 4) is 5.75 Å². The lowest BCUT2D eigenvalue weighted by Crippen LogP contribution is -2.16. The van der Waals surface area contributed by atoms with Crippen LogP contribution >= 0.6 is 0 Å². The SMILES string of the molecule is COc1cc(C)c(S(=O)(=O)Nc2ccc3nc(C(F)(F)F)[nH]c3c2)c(C)c1C. The summed E-state index contributed by atoms with van der Waals surface area (Å²) in [4.78, 5) is 5.73. The highest BCUT2D eigenvalue weighted by Crippen LogP contribution is 2.33. The van der Waals surface area contributed by atoms with E-state index in [4.69, 9.17) is 4.74 Å². The number of hydrogen-bond donors (Lipinski definition) is 2. The summed E-state index contributed by atoms with van der Waals surface area (Å²) in [6, 6.07) is 5.58. The molecule has 0 atom stereocenters. The summed E-state index contributed by atoms with van der Waals surface area (Å²) >= 11 is 0. The highest BCUT2D eigenvalue weighted by Gasteiger charge is 2.34. The minimum absolute atomic E-state index is 0.0758. The Hall–Kier alpha value is -2.75. The van der Waals surface area contributed by atoms with Gasteiger partial charge in [-0.3, -0.25) is 4.72 Å². The molecule has 0 aliphatic rings. The smallest absolute Gasteiger partial charge is 0.449 e. The van der Waals surface area contributed by atoms with Crippen LogP contribution in [0.15, 0.2) is 29.2 Å². The van der Waals surface area contributed by atoms with E-state index in [1.165, 1.54) is 25.3 Å². The van der Waals surface area contributed by atoms with E-state index < -0.39 is 22.0 Å². The summed E-state index contributed by atoms with van der Waals surface area (Å²) < 4.78 is 71.9. The molecule has 0 fully saturated rings. The molecule has 1 aromatic heterocycles. The van der Waals surface area contributed by atoms with Gasteiger partial charge in [-0.05, 0) is 61.7 Å². The first kappa shape index (κ1) is 20.0. The van der Waals surface area contributed by atoms with E-state index in [1.54, 1.807) is 26.8 Å². The molecule has 0 amide bonds. The number of anilines is 1. The number of benzene rings is 2. The van der Waals surface area contributed by atoms with Crippen LogP contribution in [0.1, 0.15) is 22.5 Å². The second-order valence-corrected chi connectivity index (χ2v) is 8.01. The van der Waals surface area contributed by atoms with Gasteiger partial charge in [0.05, 0.1) is 28.7 Å². The number of sulfonamides is 1. The van der Waals surface area contributed by atoms with Gasteiger partial charge in [-0.1, -0.05) is 0 Å². The molecule has 1 heterocycles. The van der Waals surface area contributed by atoms with Gasteiger partial charge in [0.2, 0.25) is 5.82 Å². The number of aromatic amines is 1. The molecule has 0 saturated heterocycles. The number of nitrogens with one attached hydrogen (secondary N) is 2. The molecule has 3 aromatic rings. The first-order valence-corrected chi connectivity index (χ1v) is 9.67. The van der Waals surface area contributed by atoms with E-state index >= 15 is 0 Å². The number of nitrogens with zero attached hydrogens (tertiary/aromatic N) is 1. The monoisotopic (exact) mass is 413 g/mol. The average molecular weight is 413 g/mol. The fourth-order valence-electron chi connectivity index (χ4n) is 3.06. The molecule has 0 radical (unpaired) electrons. The Kier molecular flexibility index (Phi) is 4.78. The van der Waals surface area contributed by atoms with Crippen molar-refractivity contribution in [2.45, 2.75) is 31.8 Å². The summed E-state index contributed by atoms with van der Waals surface area (Å²) in [7, 11) is -2.47. The molecule has 0 spiro atoms. The van der Waals surface area contributed by atoms with E-state index in [-0.39, 0.29) is 21.6 Å². The van der Waals surface area contributed by atoms with Gasteiger partial charge >= 0.3 is 6.18 Å². The van der Waals surface area contributed by atoms with Gasteiger partial charge in [0, 0.05) is 0 Å². The summed E-state index contributed by atoms with van der Waals surface area (Å²) in [6.07, 6.45) is -4.62. The zero-order valence-electron chi connectivity index (χ0n) is 15.5. The molecular weight excluding hydrogens is 395 g/mol. The summed E-state index contributed by atoms with van der Waals surface area (Å²) in [5, 5.41) is 0. The third-order valence-corrected chi connectivity index (χ3v) is 6.14. The van der Waals surface area contributed by atoms with Crippen molar-refractivity contribution in [2.75, 3.05) is 11.8 Å². The molecule has 6 nitrogen and oxygen atoms in total. The standard InChI is InChI=1S/C18H18F3N3O3S/c1-9-7-15(27-4)10(2)11(3)16(9)28(25,26)24-12-5-6-13-14(8-12)23-17(22-13)18(19,20)21/h5-8,24H,1-4H3,(H,22,23). The number of halogens is 3. The Bertz CT molecular complexity index is 1170. The summed E-state index contributed by atoms with van der Waals surface area (Å²) in [5.74, 6) is -0.563. The second kappa shape index (κ2) is 6.69. The number of ether oxygens (including phenoxy) is 1. The Morgan fingerprint density at radius 3 is 2.39 bits per heavy atom. The van der Waals surface area contributed by atoms with Crippen LogP contribution in [0.5, 0.6) is 5.75 Å². The molecule has 3 rings (SSSR count). The summed E-state index contributed by atoms with van der Waals surface area (Å²) in [6.45, 7) is 5.08. The Morgan fingerprint density at radius 1 is 1.11 bits per heavy atom. The van der Waals surface area contributed by atoms with Crippen LogP contribution < -0.4 is 9.46 Å². The lowest BCUT2D eigenvalue weighted by atomic mass is 10.1. The van der Waals surface area contributed by atoms with Crippen molar-refractivity contribution in [3.63, 3.8) is 0 Å². The van der Waals surface area contributed by atoms with Gasteiger partial charge in [-0.2, -0.15) is 13.2 Å². The highest BCUT2D eigenvalue weighted by atomic mass is 32.2. The van der Waals surface area contributed by atoms with E-state index in [2.05, 4.69) is 14.7 Å². The Morgan fingerprint density at radius 2 is 1.79 bits per heavy atom. The highest BCUT2D eigenvalue weighted by molar-refractivity contribution is 7.92. The largest absolute Gasteiger partial charge is 0.496 e. The van der Waals surface area contributed by atoms with Crippen LogP contribution in [0.25, 0.3) is 11.0 Å². The third kappa shape index (κ3) is 3.51.